The van der Waals surface area contributed by atoms with Gasteiger partial charge in [-0.1, -0.05) is 6.92 Å². The van der Waals surface area contributed by atoms with Gasteiger partial charge in [-0.2, -0.15) is 0 Å². The lowest BCUT2D eigenvalue weighted by molar-refractivity contribution is -0.0289. The quantitative estimate of drug-likeness (QED) is 0.603. The van der Waals surface area contributed by atoms with Crippen LogP contribution in [0.4, 0.5) is 8.78 Å². The van der Waals surface area contributed by atoms with Crippen LogP contribution in [0.2, 0.25) is 0 Å². The predicted molar refractivity (Wildman–Crippen MR) is 49.1 cm³/mol. The van der Waals surface area contributed by atoms with Crippen LogP contribution in [0.1, 0.15) is 19.8 Å². The maximum atomic E-state index is 13.1. The summed E-state index contributed by atoms with van der Waals surface area (Å²) in [5.74, 6) is -2.43. The Hall–Kier alpha value is -0.220. The Morgan fingerprint density at radius 1 is 1.15 bits per heavy atom. The summed E-state index contributed by atoms with van der Waals surface area (Å²) in [7, 11) is 0. The highest BCUT2D eigenvalue weighted by Crippen LogP contribution is 2.26. The standard InChI is InChI=1S/C9H18F2N2/c1-8-6-9(10,11)2-3-12-4-5-13-7-8/h8,12-13H,2-7H2,1H3. The average Bonchev–Trinajstić information content (AvgIpc) is 2.01. The molecule has 0 radical (unpaired) electrons. The van der Waals surface area contributed by atoms with Gasteiger partial charge in [-0.3, -0.25) is 0 Å². The number of rotatable bonds is 0. The Balaban J connectivity index is 2.40. The van der Waals surface area contributed by atoms with E-state index in [9.17, 15) is 8.78 Å². The summed E-state index contributed by atoms with van der Waals surface area (Å²) in [6.07, 6.45) is -0.0287. The highest BCUT2D eigenvalue weighted by Gasteiger charge is 2.30. The van der Waals surface area contributed by atoms with E-state index in [0.717, 1.165) is 13.1 Å². The second kappa shape index (κ2) is 4.86. The van der Waals surface area contributed by atoms with Crippen molar-refractivity contribution in [3.8, 4) is 0 Å². The van der Waals surface area contributed by atoms with Crippen LogP contribution < -0.4 is 10.6 Å². The maximum Gasteiger partial charge on any atom is 0.249 e. The molecular weight excluding hydrogens is 174 g/mol. The molecule has 0 bridgehead atoms. The molecule has 2 N–H and O–H groups in total. The van der Waals surface area contributed by atoms with E-state index in [1.54, 1.807) is 0 Å². The van der Waals surface area contributed by atoms with Crippen LogP contribution >= 0.6 is 0 Å². The topological polar surface area (TPSA) is 24.1 Å². The van der Waals surface area contributed by atoms with Gasteiger partial charge in [0.15, 0.2) is 0 Å². The first-order valence-corrected chi connectivity index (χ1v) is 4.89. The van der Waals surface area contributed by atoms with Crippen molar-refractivity contribution in [1.29, 1.82) is 0 Å². The molecule has 1 heterocycles. The second-order valence-electron chi connectivity index (χ2n) is 3.87. The highest BCUT2D eigenvalue weighted by molar-refractivity contribution is 4.74. The zero-order chi connectivity index (χ0) is 9.73. The molecule has 0 aromatic heterocycles. The van der Waals surface area contributed by atoms with E-state index in [1.165, 1.54) is 0 Å². The van der Waals surface area contributed by atoms with Crippen LogP contribution in [0.3, 0.4) is 0 Å². The molecule has 1 saturated heterocycles. The molecule has 2 nitrogen and oxygen atoms in total. The minimum absolute atomic E-state index is 0.00167. The Bertz CT molecular complexity index is 151. The van der Waals surface area contributed by atoms with Gasteiger partial charge in [0.2, 0.25) is 5.92 Å². The van der Waals surface area contributed by atoms with Gasteiger partial charge in [0.05, 0.1) is 0 Å². The minimum Gasteiger partial charge on any atom is -0.315 e. The molecule has 1 atom stereocenters. The normalized spacial score (nSPS) is 31.2. The molecule has 13 heavy (non-hydrogen) atoms. The molecule has 0 saturated carbocycles. The molecule has 1 unspecified atom stereocenters. The van der Waals surface area contributed by atoms with Crippen molar-refractivity contribution in [3.05, 3.63) is 0 Å². The molecule has 78 valence electrons. The zero-order valence-corrected chi connectivity index (χ0v) is 8.08. The maximum absolute atomic E-state index is 13.1. The molecule has 1 aliphatic heterocycles. The van der Waals surface area contributed by atoms with Crippen molar-refractivity contribution in [2.75, 3.05) is 26.2 Å². The first-order chi connectivity index (χ1) is 6.10. The van der Waals surface area contributed by atoms with E-state index in [1.807, 2.05) is 6.92 Å². The molecule has 0 aliphatic carbocycles. The van der Waals surface area contributed by atoms with E-state index >= 15 is 0 Å². The summed E-state index contributed by atoms with van der Waals surface area (Å²) < 4.78 is 26.3. The number of halogens is 2. The van der Waals surface area contributed by atoms with Gasteiger partial charge in [-0.05, 0) is 12.5 Å². The van der Waals surface area contributed by atoms with E-state index in [-0.39, 0.29) is 18.8 Å². The smallest absolute Gasteiger partial charge is 0.249 e. The molecule has 0 aromatic carbocycles. The molecular formula is C9H18F2N2. The number of alkyl halides is 2. The van der Waals surface area contributed by atoms with Gasteiger partial charge in [-0.15, -0.1) is 0 Å². The fraction of sp³-hybridized carbons (Fsp3) is 1.00. The molecule has 0 amide bonds. The fourth-order valence-electron chi connectivity index (χ4n) is 1.61. The Labute approximate surface area is 78.1 Å². The second-order valence-corrected chi connectivity index (χ2v) is 3.87. The van der Waals surface area contributed by atoms with Crippen molar-refractivity contribution in [3.63, 3.8) is 0 Å². The van der Waals surface area contributed by atoms with Gasteiger partial charge < -0.3 is 10.6 Å². The van der Waals surface area contributed by atoms with Crippen molar-refractivity contribution in [1.82, 2.24) is 10.6 Å². The van der Waals surface area contributed by atoms with Crippen molar-refractivity contribution < 1.29 is 8.78 Å². The van der Waals surface area contributed by atoms with Gasteiger partial charge in [0, 0.05) is 32.5 Å². The summed E-state index contributed by atoms with van der Waals surface area (Å²) >= 11 is 0. The van der Waals surface area contributed by atoms with Crippen LogP contribution in [0.25, 0.3) is 0 Å². The monoisotopic (exact) mass is 192 g/mol. The minimum atomic E-state index is -2.49. The van der Waals surface area contributed by atoms with Crippen molar-refractivity contribution in [2.24, 2.45) is 5.92 Å². The lowest BCUT2D eigenvalue weighted by Gasteiger charge is -2.23. The van der Waals surface area contributed by atoms with E-state index < -0.39 is 5.92 Å². The third-order valence-corrected chi connectivity index (χ3v) is 2.29. The third kappa shape index (κ3) is 4.52. The number of nitrogens with one attached hydrogen (secondary N) is 2. The molecule has 0 aromatic rings. The molecule has 1 fully saturated rings. The summed E-state index contributed by atoms with van der Waals surface area (Å²) in [5.41, 5.74) is 0. The first-order valence-electron chi connectivity index (χ1n) is 4.89. The van der Waals surface area contributed by atoms with Crippen LogP contribution in [0.15, 0.2) is 0 Å². The number of hydrogen-bond acceptors (Lipinski definition) is 2. The molecule has 4 heteroatoms. The molecule has 0 spiro atoms. The fourth-order valence-corrected chi connectivity index (χ4v) is 1.61. The Kier molecular flexibility index (Phi) is 4.06. The number of hydrogen-bond donors (Lipinski definition) is 2. The molecule has 1 rings (SSSR count). The Morgan fingerprint density at radius 2 is 1.85 bits per heavy atom. The van der Waals surface area contributed by atoms with Crippen molar-refractivity contribution >= 4 is 0 Å². The summed E-state index contributed by atoms with van der Waals surface area (Å²) in [5, 5.41) is 6.13. The summed E-state index contributed by atoms with van der Waals surface area (Å²) in [6.45, 7) is 4.63. The van der Waals surface area contributed by atoms with Crippen LogP contribution in [0, 0.1) is 5.92 Å². The zero-order valence-electron chi connectivity index (χ0n) is 8.08. The Morgan fingerprint density at radius 3 is 2.62 bits per heavy atom. The summed E-state index contributed by atoms with van der Waals surface area (Å²) in [6, 6.07) is 0. The third-order valence-electron chi connectivity index (χ3n) is 2.29. The van der Waals surface area contributed by atoms with Crippen molar-refractivity contribution in [2.45, 2.75) is 25.7 Å². The average molecular weight is 192 g/mol. The largest absolute Gasteiger partial charge is 0.315 e. The highest BCUT2D eigenvalue weighted by atomic mass is 19.3. The van der Waals surface area contributed by atoms with E-state index in [0.29, 0.717) is 13.1 Å². The van der Waals surface area contributed by atoms with Gasteiger partial charge in [0.25, 0.3) is 0 Å². The van der Waals surface area contributed by atoms with Gasteiger partial charge >= 0.3 is 0 Å². The molecule has 1 aliphatic rings. The van der Waals surface area contributed by atoms with Crippen LogP contribution in [-0.2, 0) is 0 Å². The lowest BCUT2D eigenvalue weighted by Crippen LogP contribution is -2.37. The van der Waals surface area contributed by atoms with E-state index in [4.69, 9.17) is 0 Å². The van der Waals surface area contributed by atoms with Gasteiger partial charge in [-0.25, -0.2) is 8.78 Å². The van der Waals surface area contributed by atoms with E-state index in [2.05, 4.69) is 10.6 Å². The first kappa shape index (κ1) is 10.9. The SMILES string of the molecule is CC1CNCCNCCC(F)(F)C1. The lowest BCUT2D eigenvalue weighted by atomic mass is 10.0. The summed E-state index contributed by atoms with van der Waals surface area (Å²) in [4.78, 5) is 0. The van der Waals surface area contributed by atoms with Crippen LogP contribution in [0.5, 0.6) is 0 Å². The van der Waals surface area contributed by atoms with Crippen LogP contribution in [-0.4, -0.2) is 32.1 Å². The van der Waals surface area contributed by atoms with Gasteiger partial charge in [0.1, 0.15) is 0 Å². The predicted octanol–water partition coefficient (Wildman–Crippen LogP) is 1.23.